The Hall–Kier alpha value is -1.59. The fourth-order valence-corrected chi connectivity index (χ4v) is 3.12. The Morgan fingerprint density at radius 3 is 2.86 bits per heavy atom. The highest BCUT2D eigenvalue weighted by atomic mass is 32.2. The summed E-state index contributed by atoms with van der Waals surface area (Å²) >= 11 is 1.63. The Morgan fingerprint density at radius 2 is 2.19 bits per heavy atom. The molecular formula is C16H21N3OS. The number of hydrogen-bond acceptors (Lipinski definition) is 5. The minimum Gasteiger partial charge on any atom is -0.496 e. The van der Waals surface area contributed by atoms with Gasteiger partial charge in [-0.1, -0.05) is 24.8 Å². The van der Waals surface area contributed by atoms with Crippen LogP contribution in [0.4, 0.5) is 0 Å². The van der Waals surface area contributed by atoms with Crippen molar-refractivity contribution < 1.29 is 4.74 Å². The Kier molecular flexibility index (Phi) is 6.02. The van der Waals surface area contributed by atoms with Crippen molar-refractivity contribution in [1.29, 1.82) is 0 Å². The van der Waals surface area contributed by atoms with Crippen LogP contribution in [0, 0.1) is 0 Å². The minimum absolute atomic E-state index is 0.227. The van der Waals surface area contributed by atoms with E-state index in [1.807, 2.05) is 18.2 Å². The lowest BCUT2D eigenvalue weighted by Gasteiger charge is -2.20. The summed E-state index contributed by atoms with van der Waals surface area (Å²) in [6.45, 7) is 5.31. The summed E-state index contributed by atoms with van der Waals surface area (Å²) in [4.78, 5) is 9.40. The molecule has 1 N–H and O–H groups in total. The van der Waals surface area contributed by atoms with Gasteiger partial charge < -0.3 is 10.1 Å². The SMILES string of the molecule is CCCNC(C)c1c(OC)cccc1Sc1ccncn1. The summed E-state index contributed by atoms with van der Waals surface area (Å²) in [7, 11) is 1.71. The van der Waals surface area contributed by atoms with Gasteiger partial charge in [-0.2, -0.15) is 0 Å². The second-order valence-corrected chi connectivity index (χ2v) is 5.76. The summed E-state index contributed by atoms with van der Waals surface area (Å²) in [5.41, 5.74) is 1.18. The molecule has 1 aromatic carbocycles. The van der Waals surface area contributed by atoms with Gasteiger partial charge in [0.05, 0.1) is 7.11 Å². The maximum atomic E-state index is 5.54. The third-order valence-electron chi connectivity index (χ3n) is 3.15. The average Bonchev–Trinajstić information content (AvgIpc) is 2.53. The van der Waals surface area contributed by atoms with E-state index in [2.05, 4.69) is 35.2 Å². The fraction of sp³-hybridized carbons (Fsp3) is 0.375. The smallest absolute Gasteiger partial charge is 0.124 e. The van der Waals surface area contributed by atoms with E-state index < -0.39 is 0 Å². The van der Waals surface area contributed by atoms with Crippen molar-refractivity contribution in [2.24, 2.45) is 0 Å². The lowest BCUT2D eigenvalue weighted by Crippen LogP contribution is -2.20. The van der Waals surface area contributed by atoms with Crippen LogP contribution in [0.1, 0.15) is 31.9 Å². The Balaban J connectivity index is 2.31. The van der Waals surface area contributed by atoms with Crippen LogP contribution in [-0.2, 0) is 0 Å². The van der Waals surface area contributed by atoms with Crippen molar-refractivity contribution in [3.8, 4) is 5.75 Å². The number of ether oxygens (including phenoxy) is 1. The van der Waals surface area contributed by atoms with Crippen LogP contribution in [0.2, 0.25) is 0 Å². The van der Waals surface area contributed by atoms with Gasteiger partial charge in [0.1, 0.15) is 17.1 Å². The molecule has 1 heterocycles. The van der Waals surface area contributed by atoms with Crippen molar-refractivity contribution in [2.45, 2.75) is 36.2 Å². The summed E-state index contributed by atoms with van der Waals surface area (Å²) in [6, 6.07) is 8.26. The minimum atomic E-state index is 0.227. The van der Waals surface area contributed by atoms with Gasteiger partial charge in [0.15, 0.2) is 0 Å². The van der Waals surface area contributed by atoms with Crippen LogP contribution < -0.4 is 10.1 Å². The maximum Gasteiger partial charge on any atom is 0.124 e. The number of nitrogens with one attached hydrogen (secondary N) is 1. The molecule has 21 heavy (non-hydrogen) atoms. The molecule has 5 heteroatoms. The van der Waals surface area contributed by atoms with Gasteiger partial charge in [0.2, 0.25) is 0 Å². The van der Waals surface area contributed by atoms with Crippen LogP contribution in [0.25, 0.3) is 0 Å². The second-order valence-electron chi connectivity index (χ2n) is 4.70. The molecule has 0 saturated carbocycles. The van der Waals surface area contributed by atoms with Gasteiger partial charge in [-0.05, 0) is 38.1 Å². The van der Waals surface area contributed by atoms with Gasteiger partial charge in [-0.15, -0.1) is 0 Å². The van der Waals surface area contributed by atoms with Gasteiger partial charge in [-0.25, -0.2) is 9.97 Å². The molecule has 0 fully saturated rings. The van der Waals surface area contributed by atoms with Crippen molar-refractivity contribution in [2.75, 3.05) is 13.7 Å². The molecule has 0 aliphatic carbocycles. The Morgan fingerprint density at radius 1 is 1.33 bits per heavy atom. The Labute approximate surface area is 130 Å². The van der Waals surface area contributed by atoms with Crippen LogP contribution in [-0.4, -0.2) is 23.6 Å². The standard InChI is InChI=1S/C16H21N3OS/c1-4-9-18-12(2)16-13(20-3)6-5-7-14(16)21-15-8-10-17-11-19-15/h5-8,10-12,18H,4,9H2,1-3H3. The van der Waals surface area contributed by atoms with Crippen LogP contribution in [0.5, 0.6) is 5.75 Å². The normalized spacial score (nSPS) is 12.1. The molecule has 0 amide bonds. The fourth-order valence-electron chi connectivity index (χ4n) is 2.13. The highest BCUT2D eigenvalue weighted by Crippen LogP contribution is 2.37. The third-order valence-corrected chi connectivity index (χ3v) is 4.18. The molecule has 4 nitrogen and oxygen atoms in total. The monoisotopic (exact) mass is 303 g/mol. The molecule has 2 aromatic rings. The lowest BCUT2D eigenvalue weighted by molar-refractivity contribution is 0.399. The number of methoxy groups -OCH3 is 1. The quantitative estimate of drug-likeness (QED) is 0.790. The van der Waals surface area contributed by atoms with E-state index in [0.29, 0.717) is 0 Å². The first-order valence-corrected chi connectivity index (χ1v) is 7.92. The first-order valence-electron chi connectivity index (χ1n) is 7.10. The molecule has 0 spiro atoms. The zero-order chi connectivity index (χ0) is 15.1. The predicted octanol–water partition coefficient (Wildman–Crippen LogP) is 3.70. The molecule has 0 saturated heterocycles. The molecule has 0 aliphatic heterocycles. The number of nitrogens with zero attached hydrogens (tertiary/aromatic N) is 2. The lowest BCUT2D eigenvalue weighted by atomic mass is 10.1. The Bertz CT molecular complexity index is 563. The van der Waals surface area contributed by atoms with E-state index >= 15 is 0 Å². The zero-order valence-corrected chi connectivity index (χ0v) is 13.5. The van der Waals surface area contributed by atoms with Crippen molar-refractivity contribution in [3.63, 3.8) is 0 Å². The van der Waals surface area contributed by atoms with E-state index in [-0.39, 0.29) is 6.04 Å². The largest absolute Gasteiger partial charge is 0.496 e. The third kappa shape index (κ3) is 4.19. The molecular weight excluding hydrogens is 282 g/mol. The van der Waals surface area contributed by atoms with Crippen LogP contribution in [0.3, 0.4) is 0 Å². The van der Waals surface area contributed by atoms with Crippen molar-refractivity contribution in [3.05, 3.63) is 42.4 Å². The first-order chi connectivity index (χ1) is 10.3. The zero-order valence-electron chi connectivity index (χ0n) is 12.7. The average molecular weight is 303 g/mol. The molecule has 2 rings (SSSR count). The number of aromatic nitrogens is 2. The predicted molar refractivity (Wildman–Crippen MR) is 85.9 cm³/mol. The maximum absolute atomic E-state index is 5.54. The first kappa shape index (κ1) is 15.8. The van der Waals surface area contributed by atoms with E-state index in [1.54, 1.807) is 31.4 Å². The van der Waals surface area contributed by atoms with Gasteiger partial charge >= 0.3 is 0 Å². The highest BCUT2D eigenvalue weighted by Gasteiger charge is 2.16. The molecule has 1 atom stereocenters. The van der Waals surface area contributed by atoms with Gasteiger partial charge in [0.25, 0.3) is 0 Å². The van der Waals surface area contributed by atoms with E-state index in [1.165, 1.54) is 5.56 Å². The summed E-state index contributed by atoms with van der Waals surface area (Å²) < 4.78 is 5.54. The molecule has 0 bridgehead atoms. The van der Waals surface area contributed by atoms with Crippen LogP contribution in [0.15, 0.2) is 46.7 Å². The van der Waals surface area contributed by atoms with Gasteiger partial charge in [-0.3, -0.25) is 0 Å². The van der Waals surface area contributed by atoms with Crippen molar-refractivity contribution >= 4 is 11.8 Å². The molecule has 1 aromatic heterocycles. The molecule has 0 aliphatic rings. The van der Waals surface area contributed by atoms with Crippen LogP contribution >= 0.6 is 11.8 Å². The number of rotatable bonds is 7. The summed E-state index contributed by atoms with van der Waals surface area (Å²) in [5.74, 6) is 0.908. The topological polar surface area (TPSA) is 47.0 Å². The molecule has 112 valence electrons. The van der Waals surface area contributed by atoms with E-state index in [4.69, 9.17) is 4.74 Å². The van der Waals surface area contributed by atoms with E-state index in [9.17, 15) is 0 Å². The van der Waals surface area contributed by atoms with Gasteiger partial charge in [0, 0.05) is 22.7 Å². The molecule has 0 radical (unpaired) electrons. The molecule has 1 unspecified atom stereocenters. The van der Waals surface area contributed by atoms with E-state index in [0.717, 1.165) is 28.6 Å². The highest BCUT2D eigenvalue weighted by molar-refractivity contribution is 7.99. The second kappa shape index (κ2) is 8.00. The summed E-state index contributed by atoms with van der Waals surface area (Å²) in [5, 5.41) is 4.46. The number of benzene rings is 1. The number of hydrogen-bond donors (Lipinski definition) is 1. The summed E-state index contributed by atoms with van der Waals surface area (Å²) in [6.07, 6.45) is 4.43. The van der Waals surface area contributed by atoms with Crippen molar-refractivity contribution in [1.82, 2.24) is 15.3 Å².